The number of nitrogens with zero attached hydrogens (tertiary/aromatic N) is 4. The lowest BCUT2D eigenvalue weighted by atomic mass is 9.80. The Morgan fingerprint density at radius 2 is 1.93 bits per heavy atom. The molecule has 0 bridgehead atoms. The summed E-state index contributed by atoms with van der Waals surface area (Å²) in [6.45, 7) is 1.58. The predicted octanol–water partition coefficient (Wildman–Crippen LogP) is 3.90. The molecule has 0 aliphatic carbocycles. The molecule has 0 fully saturated rings. The van der Waals surface area contributed by atoms with E-state index in [0.717, 1.165) is 17.7 Å². The molecule has 2 aromatic carbocycles. The molecule has 6 nitrogen and oxygen atoms in total. The molecule has 0 unspecified atom stereocenters. The Hall–Kier alpha value is -3.39. The van der Waals surface area contributed by atoms with E-state index in [2.05, 4.69) is 15.2 Å². The quantitative estimate of drug-likeness (QED) is 0.535. The summed E-state index contributed by atoms with van der Waals surface area (Å²) in [5.74, 6) is -1.96. The van der Waals surface area contributed by atoms with Crippen LogP contribution in [-0.2, 0) is 12.1 Å². The van der Waals surface area contributed by atoms with Crippen LogP contribution in [0.4, 0.5) is 8.78 Å². The summed E-state index contributed by atoms with van der Waals surface area (Å²) in [5, 5.41) is 19.7. The van der Waals surface area contributed by atoms with Gasteiger partial charge in [-0.3, -0.25) is 0 Å². The van der Waals surface area contributed by atoms with E-state index in [4.69, 9.17) is 4.52 Å². The smallest absolute Gasteiger partial charge is 0.143 e. The van der Waals surface area contributed by atoms with Crippen LogP contribution >= 0.6 is 0 Å². The SMILES string of the molecule is C[C@@H](c1cc(-c2ccccc2)no1)[C@](O)(Cn1cncn1)c1ccc(F)cc1F. The van der Waals surface area contributed by atoms with Gasteiger partial charge in [0.1, 0.15) is 41.3 Å². The Morgan fingerprint density at radius 3 is 2.62 bits per heavy atom. The van der Waals surface area contributed by atoms with Gasteiger partial charge in [-0.05, 0) is 6.07 Å². The highest BCUT2D eigenvalue weighted by Crippen LogP contribution is 2.40. The Labute approximate surface area is 165 Å². The van der Waals surface area contributed by atoms with Crippen LogP contribution in [0.5, 0.6) is 0 Å². The van der Waals surface area contributed by atoms with Crippen LogP contribution in [0.15, 0.2) is 71.8 Å². The monoisotopic (exact) mass is 396 g/mol. The maximum absolute atomic E-state index is 14.6. The van der Waals surface area contributed by atoms with Crippen molar-refractivity contribution in [3.05, 3.63) is 90.2 Å². The molecule has 2 atom stereocenters. The highest BCUT2D eigenvalue weighted by molar-refractivity contribution is 5.58. The van der Waals surface area contributed by atoms with E-state index in [1.807, 2.05) is 30.3 Å². The van der Waals surface area contributed by atoms with Crippen LogP contribution < -0.4 is 0 Å². The second-order valence-electron chi connectivity index (χ2n) is 6.84. The van der Waals surface area contributed by atoms with Crippen molar-refractivity contribution < 1.29 is 18.4 Å². The van der Waals surface area contributed by atoms with Crippen LogP contribution in [0.2, 0.25) is 0 Å². The first-order chi connectivity index (χ1) is 14.0. The third kappa shape index (κ3) is 3.66. The highest BCUT2D eigenvalue weighted by Gasteiger charge is 2.42. The summed E-state index contributed by atoms with van der Waals surface area (Å²) in [6.07, 6.45) is 2.73. The highest BCUT2D eigenvalue weighted by atomic mass is 19.1. The fraction of sp³-hybridized carbons (Fsp3) is 0.190. The maximum atomic E-state index is 14.6. The number of aromatic nitrogens is 4. The average molecular weight is 396 g/mol. The summed E-state index contributed by atoms with van der Waals surface area (Å²) >= 11 is 0. The molecule has 0 saturated carbocycles. The second kappa shape index (κ2) is 7.56. The Balaban J connectivity index is 1.75. The number of rotatable bonds is 6. The van der Waals surface area contributed by atoms with E-state index < -0.39 is 23.2 Å². The minimum Gasteiger partial charge on any atom is -0.382 e. The van der Waals surface area contributed by atoms with E-state index in [1.54, 1.807) is 13.0 Å². The van der Waals surface area contributed by atoms with Gasteiger partial charge in [-0.15, -0.1) is 0 Å². The van der Waals surface area contributed by atoms with Gasteiger partial charge in [0.25, 0.3) is 0 Å². The van der Waals surface area contributed by atoms with Crippen molar-refractivity contribution in [1.29, 1.82) is 0 Å². The number of hydrogen-bond acceptors (Lipinski definition) is 5. The van der Waals surface area contributed by atoms with Crippen LogP contribution in [0.3, 0.4) is 0 Å². The van der Waals surface area contributed by atoms with Crippen LogP contribution in [0.1, 0.15) is 24.2 Å². The zero-order valence-corrected chi connectivity index (χ0v) is 15.5. The predicted molar refractivity (Wildman–Crippen MR) is 101 cm³/mol. The van der Waals surface area contributed by atoms with Crippen molar-refractivity contribution in [1.82, 2.24) is 19.9 Å². The molecule has 29 heavy (non-hydrogen) atoms. The van der Waals surface area contributed by atoms with Gasteiger partial charge in [0, 0.05) is 23.3 Å². The van der Waals surface area contributed by atoms with Crippen LogP contribution in [0, 0.1) is 11.6 Å². The minimum atomic E-state index is -1.79. The first-order valence-electron chi connectivity index (χ1n) is 9.00. The zero-order valence-electron chi connectivity index (χ0n) is 15.5. The largest absolute Gasteiger partial charge is 0.382 e. The summed E-state index contributed by atoms with van der Waals surface area (Å²) in [6, 6.07) is 14.2. The molecule has 4 aromatic rings. The lowest BCUT2D eigenvalue weighted by Gasteiger charge is -2.33. The zero-order chi connectivity index (χ0) is 20.4. The summed E-state index contributed by atoms with van der Waals surface area (Å²) in [5.41, 5.74) is -0.420. The standard InChI is InChI=1S/C21H18F2N4O2/c1-14(20-10-19(26-29-20)15-5-3-2-4-6-15)21(28,11-27-13-24-12-25-27)17-8-7-16(22)9-18(17)23/h2-10,12-14,28H,11H2,1H3/t14-,21+/m0/s1. The van der Waals surface area contributed by atoms with Gasteiger partial charge in [0.15, 0.2) is 0 Å². The topological polar surface area (TPSA) is 77.0 Å². The molecule has 148 valence electrons. The van der Waals surface area contributed by atoms with E-state index >= 15 is 0 Å². The fourth-order valence-electron chi connectivity index (χ4n) is 3.33. The Morgan fingerprint density at radius 1 is 1.14 bits per heavy atom. The van der Waals surface area contributed by atoms with Gasteiger partial charge in [0.2, 0.25) is 0 Å². The molecule has 2 aromatic heterocycles. The number of aliphatic hydroxyl groups is 1. The van der Waals surface area contributed by atoms with Crippen LogP contribution in [0.25, 0.3) is 11.3 Å². The van der Waals surface area contributed by atoms with E-state index in [-0.39, 0.29) is 12.1 Å². The lowest BCUT2D eigenvalue weighted by Crippen LogP contribution is -2.38. The van der Waals surface area contributed by atoms with E-state index in [1.165, 1.54) is 23.4 Å². The molecule has 0 amide bonds. The number of halogens is 2. The molecule has 0 spiro atoms. The van der Waals surface area contributed by atoms with Crippen LogP contribution in [-0.4, -0.2) is 25.0 Å². The van der Waals surface area contributed by atoms with Gasteiger partial charge in [-0.25, -0.2) is 18.4 Å². The van der Waals surface area contributed by atoms with Crippen molar-refractivity contribution in [2.24, 2.45) is 0 Å². The third-order valence-electron chi connectivity index (χ3n) is 5.01. The molecule has 4 rings (SSSR count). The van der Waals surface area contributed by atoms with Crippen molar-refractivity contribution in [2.75, 3.05) is 0 Å². The Kier molecular flexibility index (Phi) is 4.94. The van der Waals surface area contributed by atoms with Gasteiger partial charge in [-0.1, -0.05) is 48.5 Å². The molecule has 2 heterocycles. The van der Waals surface area contributed by atoms with Crippen molar-refractivity contribution in [2.45, 2.75) is 25.0 Å². The minimum absolute atomic E-state index is 0.0699. The molecular formula is C21H18F2N4O2. The fourth-order valence-corrected chi connectivity index (χ4v) is 3.33. The molecule has 0 saturated heterocycles. The maximum Gasteiger partial charge on any atom is 0.143 e. The third-order valence-corrected chi connectivity index (χ3v) is 5.01. The Bertz CT molecular complexity index is 1100. The van der Waals surface area contributed by atoms with Gasteiger partial charge in [-0.2, -0.15) is 5.10 Å². The molecule has 8 heteroatoms. The number of benzene rings is 2. The average Bonchev–Trinajstić information content (AvgIpc) is 3.40. The summed E-state index contributed by atoms with van der Waals surface area (Å²) in [4.78, 5) is 3.86. The second-order valence-corrected chi connectivity index (χ2v) is 6.84. The molecular weight excluding hydrogens is 378 g/mol. The van der Waals surface area contributed by atoms with E-state index in [0.29, 0.717) is 11.5 Å². The molecule has 1 N–H and O–H groups in total. The van der Waals surface area contributed by atoms with Gasteiger partial charge >= 0.3 is 0 Å². The van der Waals surface area contributed by atoms with Crippen molar-refractivity contribution in [3.63, 3.8) is 0 Å². The van der Waals surface area contributed by atoms with Crippen molar-refractivity contribution >= 4 is 0 Å². The van der Waals surface area contributed by atoms with Crippen molar-refractivity contribution in [3.8, 4) is 11.3 Å². The van der Waals surface area contributed by atoms with Gasteiger partial charge in [0.05, 0.1) is 12.5 Å². The lowest BCUT2D eigenvalue weighted by molar-refractivity contribution is -0.0181. The normalized spacial score (nSPS) is 14.5. The molecule has 0 aliphatic heterocycles. The summed E-state index contributed by atoms with van der Waals surface area (Å²) < 4.78 is 34.9. The molecule has 0 aliphatic rings. The number of hydrogen-bond donors (Lipinski definition) is 1. The van der Waals surface area contributed by atoms with Gasteiger partial charge < -0.3 is 9.63 Å². The summed E-state index contributed by atoms with van der Waals surface area (Å²) in [7, 11) is 0. The first kappa shape index (κ1) is 18.9. The molecule has 0 radical (unpaired) electrons. The first-order valence-corrected chi connectivity index (χ1v) is 9.00. The van der Waals surface area contributed by atoms with E-state index in [9.17, 15) is 13.9 Å².